The first-order chi connectivity index (χ1) is 12.4. The number of sulfone groups is 1. The van der Waals surface area contributed by atoms with E-state index in [4.69, 9.17) is 0 Å². The van der Waals surface area contributed by atoms with Gasteiger partial charge in [-0.1, -0.05) is 13.0 Å². The first-order valence-electron chi connectivity index (χ1n) is 9.56. The number of hydrogen-bond acceptors (Lipinski definition) is 5. The summed E-state index contributed by atoms with van der Waals surface area (Å²) >= 11 is 0. The lowest BCUT2D eigenvalue weighted by atomic mass is 10.1. The van der Waals surface area contributed by atoms with Crippen LogP contribution >= 0.6 is 0 Å². The molecule has 2 saturated heterocycles. The third kappa shape index (κ3) is 4.26. The fourth-order valence-corrected chi connectivity index (χ4v) is 6.22. The summed E-state index contributed by atoms with van der Waals surface area (Å²) in [6, 6.07) is 5.93. The molecule has 3 rings (SSSR count). The standard InChI is InChI=1S/C19H29N3O3S/c1-3-5-19(23)21-10-8-17-18(9-11-21)26(24,25)13-12-22(17)14-16-7-4-6-15(2)20-16/h4,6-7,17-18H,3,5,8-14H2,1-2H3/t17-,18+/m0/s1. The molecule has 0 bridgehead atoms. The Labute approximate surface area is 156 Å². The molecule has 0 saturated carbocycles. The predicted octanol–water partition coefficient (Wildman–Crippen LogP) is 1.78. The van der Waals surface area contributed by atoms with Crippen molar-refractivity contribution in [1.29, 1.82) is 0 Å². The van der Waals surface area contributed by atoms with E-state index in [1.54, 1.807) is 0 Å². The SMILES string of the molecule is CCCC(=O)N1CC[C@@H]2[C@H](CC1)N(Cc1cccc(C)n1)CCS2(=O)=O. The number of rotatable bonds is 4. The number of fused-ring (bicyclic) bond motifs is 1. The maximum atomic E-state index is 12.7. The van der Waals surface area contributed by atoms with Crippen molar-refractivity contribution >= 4 is 15.7 Å². The summed E-state index contributed by atoms with van der Waals surface area (Å²) in [7, 11) is -3.10. The molecule has 3 heterocycles. The summed E-state index contributed by atoms with van der Waals surface area (Å²) in [5, 5.41) is -0.375. The molecule has 0 aliphatic carbocycles. The molecule has 1 aromatic heterocycles. The quantitative estimate of drug-likeness (QED) is 0.797. The number of nitrogens with zero attached hydrogens (tertiary/aromatic N) is 3. The highest BCUT2D eigenvalue weighted by atomic mass is 32.2. The number of amides is 1. The number of carbonyl (C=O) groups is 1. The van der Waals surface area contributed by atoms with E-state index in [2.05, 4.69) is 9.88 Å². The van der Waals surface area contributed by atoms with Gasteiger partial charge in [-0.25, -0.2) is 8.42 Å². The molecule has 0 spiro atoms. The van der Waals surface area contributed by atoms with Crippen molar-refractivity contribution in [3.8, 4) is 0 Å². The summed E-state index contributed by atoms with van der Waals surface area (Å²) in [6.07, 6.45) is 2.62. The van der Waals surface area contributed by atoms with Crippen LogP contribution < -0.4 is 0 Å². The van der Waals surface area contributed by atoms with Crippen molar-refractivity contribution in [2.24, 2.45) is 0 Å². The molecule has 2 fully saturated rings. The van der Waals surface area contributed by atoms with Crippen molar-refractivity contribution in [3.05, 3.63) is 29.6 Å². The molecule has 2 atom stereocenters. The van der Waals surface area contributed by atoms with Crippen LogP contribution in [0.5, 0.6) is 0 Å². The Balaban J connectivity index is 1.78. The number of aryl methyl sites for hydroxylation is 1. The number of aromatic nitrogens is 1. The summed E-state index contributed by atoms with van der Waals surface area (Å²) in [6.45, 7) is 6.37. The lowest BCUT2D eigenvalue weighted by Crippen LogP contribution is -2.54. The molecule has 0 radical (unpaired) electrons. The van der Waals surface area contributed by atoms with E-state index < -0.39 is 9.84 Å². The predicted molar refractivity (Wildman–Crippen MR) is 101 cm³/mol. The van der Waals surface area contributed by atoms with Crippen molar-refractivity contribution in [2.45, 2.75) is 57.4 Å². The van der Waals surface area contributed by atoms with Gasteiger partial charge >= 0.3 is 0 Å². The van der Waals surface area contributed by atoms with Crippen molar-refractivity contribution in [3.63, 3.8) is 0 Å². The summed E-state index contributed by atoms with van der Waals surface area (Å²) in [5.74, 6) is 0.346. The zero-order chi connectivity index (χ0) is 18.7. The molecule has 0 unspecified atom stereocenters. The first-order valence-corrected chi connectivity index (χ1v) is 11.3. The van der Waals surface area contributed by atoms with Crippen LogP contribution in [-0.4, -0.2) is 65.8 Å². The van der Waals surface area contributed by atoms with Gasteiger partial charge in [0.2, 0.25) is 5.91 Å². The Kier molecular flexibility index (Phi) is 5.97. The average molecular weight is 380 g/mol. The Morgan fingerprint density at radius 2 is 2.00 bits per heavy atom. The van der Waals surface area contributed by atoms with E-state index in [9.17, 15) is 13.2 Å². The van der Waals surface area contributed by atoms with Gasteiger partial charge in [0.25, 0.3) is 0 Å². The molecule has 2 aliphatic rings. The number of likely N-dealkylation sites (tertiary alicyclic amines) is 1. The fourth-order valence-electron chi connectivity index (χ4n) is 4.17. The van der Waals surface area contributed by atoms with Crippen LogP contribution in [0.25, 0.3) is 0 Å². The fraction of sp³-hybridized carbons (Fsp3) is 0.684. The van der Waals surface area contributed by atoms with Crippen molar-refractivity contribution < 1.29 is 13.2 Å². The maximum absolute atomic E-state index is 12.7. The van der Waals surface area contributed by atoms with Gasteiger partial charge in [-0.05, 0) is 38.3 Å². The first kappa shape index (κ1) is 19.3. The van der Waals surface area contributed by atoms with Crippen LogP contribution in [0.3, 0.4) is 0 Å². The van der Waals surface area contributed by atoms with Crippen LogP contribution in [-0.2, 0) is 21.2 Å². The van der Waals surface area contributed by atoms with Crippen molar-refractivity contribution in [2.75, 3.05) is 25.4 Å². The van der Waals surface area contributed by atoms with Gasteiger partial charge in [-0.15, -0.1) is 0 Å². The number of carbonyl (C=O) groups excluding carboxylic acids is 1. The van der Waals surface area contributed by atoms with Gasteiger partial charge in [-0.3, -0.25) is 14.7 Å². The largest absolute Gasteiger partial charge is 0.343 e. The molecular weight excluding hydrogens is 350 g/mol. The van der Waals surface area contributed by atoms with E-state index >= 15 is 0 Å². The average Bonchev–Trinajstić information content (AvgIpc) is 2.82. The molecule has 0 aromatic carbocycles. The molecule has 7 heteroatoms. The van der Waals surface area contributed by atoms with Crippen LogP contribution in [0.1, 0.15) is 44.0 Å². The molecule has 1 aromatic rings. The molecule has 26 heavy (non-hydrogen) atoms. The minimum absolute atomic E-state index is 0.0320. The third-order valence-electron chi connectivity index (χ3n) is 5.53. The van der Waals surface area contributed by atoms with Gasteiger partial charge in [0.15, 0.2) is 9.84 Å². The Morgan fingerprint density at radius 1 is 1.23 bits per heavy atom. The highest BCUT2D eigenvalue weighted by Crippen LogP contribution is 2.29. The van der Waals surface area contributed by atoms with Crippen LogP contribution in [0.2, 0.25) is 0 Å². The van der Waals surface area contributed by atoms with E-state index in [0.717, 1.165) is 17.8 Å². The van der Waals surface area contributed by atoms with E-state index in [1.807, 2.05) is 36.9 Å². The minimum atomic E-state index is -3.10. The second-order valence-corrected chi connectivity index (χ2v) is 9.76. The zero-order valence-electron chi connectivity index (χ0n) is 15.7. The van der Waals surface area contributed by atoms with Gasteiger partial charge in [0, 0.05) is 44.3 Å². The summed E-state index contributed by atoms with van der Waals surface area (Å²) in [4.78, 5) is 21.0. The molecule has 144 valence electrons. The molecule has 6 nitrogen and oxygen atoms in total. The zero-order valence-corrected chi connectivity index (χ0v) is 16.5. The number of hydrogen-bond donors (Lipinski definition) is 0. The molecule has 2 aliphatic heterocycles. The highest BCUT2D eigenvalue weighted by molar-refractivity contribution is 7.92. The normalized spacial score (nSPS) is 26.2. The third-order valence-corrected chi connectivity index (χ3v) is 7.75. The topological polar surface area (TPSA) is 70.6 Å². The lowest BCUT2D eigenvalue weighted by Gasteiger charge is -2.39. The molecule has 1 amide bonds. The van der Waals surface area contributed by atoms with Crippen LogP contribution in [0.4, 0.5) is 0 Å². The number of pyridine rings is 1. The highest BCUT2D eigenvalue weighted by Gasteiger charge is 2.43. The van der Waals surface area contributed by atoms with Crippen molar-refractivity contribution in [1.82, 2.24) is 14.8 Å². The maximum Gasteiger partial charge on any atom is 0.222 e. The summed E-state index contributed by atoms with van der Waals surface area (Å²) in [5.41, 5.74) is 1.95. The lowest BCUT2D eigenvalue weighted by molar-refractivity contribution is -0.131. The minimum Gasteiger partial charge on any atom is -0.343 e. The Hall–Kier alpha value is -1.47. The van der Waals surface area contributed by atoms with Gasteiger partial charge in [-0.2, -0.15) is 0 Å². The molecule has 0 N–H and O–H groups in total. The monoisotopic (exact) mass is 379 g/mol. The molecular formula is C19H29N3O3S. The van der Waals surface area contributed by atoms with Gasteiger partial charge in [0.1, 0.15) is 0 Å². The second-order valence-electron chi connectivity index (χ2n) is 7.42. The van der Waals surface area contributed by atoms with E-state index in [0.29, 0.717) is 45.4 Å². The Bertz CT molecular complexity index is 750. The van der Waals surface area contributed by atoms with E-state index in [-0.39, 0.29) is 23.0 Å². The summed E-state index contributed by atoms with van der Waals surface area (Å²) < 4.78 is 25.4. The van der Waals surface area contributed by atoms with Gasteiger partial charge in [0.05, 0.1) is 16.7 Å². The Morgan fingerprint density at radius 3 is 2.73 bits per heavy atom. The second kappa shape index (κ2) is 8.05. The van der Waals surface area contributed by atoms with E-state index in [1.165, 1.54) is 0 Å². The van der Waals surface area contributed by atoms with Crippen LogP contribution in [0, 0.1) is 6.92 Å². The van der Waals surface area contributed by atoms with Crippen LogP contribution in [0.15, 0.2) is 18.2 Å². The van der Waals surface area contributed by atoms with Gasteiger partial charge < -0.3 is 4.90 Å². The smallest absolute Gasteiger partial charge is 0.222 e.